The van der Waals surface area contributed by atoms with Gasteiger partial charge < -0.3 is 25.6 Å². The maximum atomic E-state index is 12.0. The third kappa shape index (κ3) is 4.77. The van der Waals surface area contributed by atoms with Crippen LogP contribution in [0.25, 0.3) is 10.9 Å². The van der Waals surface area contributed by atoms with Gasteiger partial charge in [0, 0.05) is 47.9 Å². The third-order valence-electron chi connectivity index (χ3n) is 5.34. The Kier molecular flexibility index (Phi) is 6.36. The van der Waals surface area contributed by atoms with Gasteiger partial charge in [0.05, 0.1) is 12.3 Å². The number of benzene rings is 1. The van der Waals surface area contributed by atoms with Crippen LogP contribution < -0.4 is 5.32 Å². The van der Waals surface area contributed by atoms with Gasteiger partial charge in [0.1, 0.15) is 6.04 Å². The quantitative estimate of drug-likeness (QED) is 0.435. The largest absolute Gasteiger partial charge is 0.481 e. The van der Waals surface area contributed by atoms with Gasteiger partial charge in [-0.3, -0.25) is 24.1 Å². The van der Waals surface area contributed by atoms with Crippen molar-refractivity contribution >= 4 is 40.4 Å². The van der Waals surface area contributed by atoms with E-state index in [-0.39, 0.29) is 12.8 Å². The predicted octanol–water partition coefficient (Wildman–Crippen LogP) is 1.89. The highest BCUT2D eigenvalue weighted by atomic mass is 16.4. The Morgan fingerprint density at radius 1 is 1.10 bits per heavy atom. The fraction of sp³-hybridized carbons (Fsp3) is 0.400. The summed E-state index contributed by atoms with van der Waals surface area (Å²) >= 11 is 0. The Balaban J connectivity index is 1.78. The Morgan fingerprint density at radius 3 is 2.40 bits per heavy atom. The Hall–Kier alpha value is -3.40. The molecule has 1 aliphatic rings. The van der Waals surface area contributed by atoms with Gasteiger partial charge >= 0.3 is 17.9 Å². The van der Waals surface area contributed by atoms with Gasteiger partial charge in [0.15, 0.2) is 0 Å². The number of nitrogens with zero attached hydrogens (tertiary/aromatic N) is 1. The number of amides is 1. The number of piperidine rings is 1. The number of likely N-dealkylation sites (tertiary alicyclic amines) is 1. The van der Waals surface area contributed by atoms with Gasteiger partial charge in [0.2, 0.25) is 5.91 Å². The minimum absolute atomic E-state index is 0.142. The minimum Gasteiger partial charge on any atom is -0.481 e. The molecule has 1 amide bonds. The zero-order chi connectivity index (χ0) is 21.8. The van der Waals surface area contributed by atoms with E-state index >= 15 is 0 Å². The van der Waals surface area contributed by atoms with Crippen LogP contribution in [0, 0.1) is 5.92 Å². The van der Waals surface area contributed by atoms with Crippen molar-refractivity contribution in [3.8, 4) is 0 Å². The second kappa shape index (κ2) is 8.95. The number of fused-ring (bicyclic) bond motifs is 1. The van der Waals surface area contributed by atoms with E-state index in [9.17, 15) is 24.3 Å². The number of H-pyrrole nitrogens is 1. The monoisotopic (exact) mass is 417 g/mol. The Labute approximate surface area is 171 Å². The summed E-state index contributed by atoms with van der Waals surface area (Å²) in [6, 6.07) is 4.08. The fourth-order valence-corrected chi connectivity index (χ4v) is 3.79. The summed E-state index contributed by atoms with van der Waals surface area (Å²) in [6.07, 6.45) is 2.00. The van der Waals surface area contributed by atoms with Crippen molar-refractivity contribution in [3.05, 3.63) is 30.0 Å². The SMILES string of the molecule is O=C(O)CCC(=O)Nc1ccc2c([C@H](C(=O)O)N3CCC(C(=O)O)CC3)c[nH]c2c1. The normalized spacial score (nSPS) is 16.3. The van der Waals surface area contributed by atoms with E-state index in [0.29, 0.717) is 48.1 Å². The number of hydrogen-bond acceptors (Lipinski definition) is 5. The first kappa shape index (κ1) is 21.3. The van der Waals surface area contributed by atoms with E-state index in [1.807, 2.05) is 0 Å². The van der Waals surface area contributed by atoms with E-state index < -0.39 is 35.8 Å². The lowest BCUT2D eigenvalue weighted by molar-refractivity contribution is -0.146. The lowest BCUT2D eigenvalue weighted by atomic mass is 9.94. The molecule has 2 aromatic rings. The van der Waals surface area contributed by atoms with Crippen molar-refractivity contribution in [1.29, 1.82) is 0 Å². The summed E-state index contributed by atoms with van der Waals surface area (Å²) < 4.78 is 0. The molecule has 1 aromatic carbocycles. The molecular formula is C20H23N3O7. The van der Waals surface area contributed by atoms with Crippen LogP contribution in [-0.4, -0.2) is 62.1 Å². The summed E-state index contributed by atoms with van der Waals surface area (Å²) in [5.74, 6) is -3.80. The van der Waals surface area contributed by atoms with Crippen LogP contribution in [-0.2, 0) is 19.2 Å². The standard InChI is InChI=1S/C20H23N3O7/c24-16(3-4-17(25)26)22-12-1-2-13-14(10-21-15(13)9-12)18(20(29)30)23-7-5-11(6-8-23)19(27)28/h1-2,9-11,18,21H,3-8H2,(H,22,24)(H,25,26)(H,27,28)(H,29,30)/t18-/m1/s1. The maximum Gasteiger partial charge on any atom is 0.325 e. The van der Waals surface area contributed by atoms with Crippen LogP contribution in [0.15, 0.2) is 24.4 Å². The topological polar surface area (TPSA) is 160 Å². The van der Waals surface area contributed by atoms with Crippen LogP contribution in [0.1, 0.15) is 37.3 Å². The number of carboxylic acids is 3. The molecule has 2 heterocycles. The van der Waals surface area contributed by atoms with E-state index in [4.69, 9.17) is 10.2 Å². The van der Waals surface area contributed by atoms with Crippen molar-refractivity contribution in [2.75, 3.05) is 18.4 Å². The van der Waals surface area contributed by atoms with E-state index in [0.717, 1.165) is 0 Å². The molecule has 0 unspecified atom stereocenters. The highest BCUT2D eigenvalue weighted by Crippen LogP contribution is 2.33. The van der Waals surface area contributed by atoms with Crippen LogP contribution in [0.3, 0.4) is 0 Å². The minimum atomic E-state index is -1.05. The number of carbonyl (C=O) groups excluding carboxylic acids is 1. The molecule has 3 rings (SSSR count). The molecule has 0 bridgehead atoms. The number of aromatic amines is 1. The van der Waals surface area contributed by atoms with Crippen molar-refractivity contribution in [1.82, 2.24) is 9.88 Å². The average Bonchev–Trinajstić information content (AvgIpc) is 3.09. The number of anilines is 1. The predicted molar refractivity (Wildman–Crippen MR) is 106 cm³/mol. The summed E-state index contributed by atoms with van der Waals surface area (Å²) in [5, 5.41) is 30.9. The van der Waals surface area contributed by atoms with Gasteiger partial charge in [-0.15, -0.1) is 0 Å². The molecule has 5 N–H and O–H groups in total. The molecular weight excluding hydrogens is 394 g/mol. The lowest BCUT2D eigenvalue weighted by Crippen LogP contribution is -2.41. The molecule has 1 aromatic heterocycles. The summed E-state index contributed by atoms with van der Waals surface area (Å²) in [4.78, 5) is 50.4. The first-order chi connectivity index (χ1) is 14.3. The lowest BCUT2D eigenvalue weighted by Gasteiger charge is -2.34. The summed E-state index contributed by atoms with van der Waals surface area (Å²) in [5.41, 5.74) is 1.67. The Morgan fingerprint density at radius 2 is 1.80 bits per heavy atom. The number of aromatic nitrogens is 1. The molecule has 30 heavy (non-hydrogen) atoms. The molecule has 0 aliphatic carbocycles. The Bertz CT molecular complexity index is 976. The van der Waals surface area contributed by atoms with E-state index in [2.05, 4.69) is 10.3 Å². The number of carboxylic acid groups (broad SMARTS) is 3. The van der Waals surface area contributed by atoms with Crippen molar-refractivity contribution < 1.29 is 34.5 Å². The zero-order valence-corrected chi connectivity index (χ0v) is 16.1. The molecule has 0 spiro atoms. The van der Waals surface area contributed by atoms with Gasteiger partial charge in [-0.25, -0.2) is 0 Å². The highest BCUT2D eigenvalue weighted by molar-refractivity contribution is 5.96. The van der Waals surface area contributed by atoms with E-state index in [1.165, 1.54) is 0 Å². The molecule has 1 atom stereocenters. The number of carbonyl (C=O) groups is 4. The van der Waals surface area contributed by atoms with Crippen LogP contribution in [0.5, 0.6) is 0 Å². The number of hydrogen-bond donors (Lipinski definition) is 5. The zero-order valence-electron chi connectivity index (χ0n) is 16.1. The van der Waals surface area contributed by atoms with Crippen molar-refractivity contribution in [3.63, 3.8) is 0 Å². The van der Waals surface area contributed by atoms with Crippen LogP contribution >= 0.6 is 0 Å². The van der Waals surface area contributed by atoms with Gasteiger partial charge in [-0.2, -0.15) is 0 Å². The molecule has 1 fully saturated rings. The van der Waals surface area contributed by atoms with Crippen molar-refractivity contribution in [2.45, 2.75) is 31.7 Å². The fourth-order valence-electron chi connectivity index (χ4n) is 3.79. The van der Waals surface area contributed by atoms with Crippen LogP contribution in [0.4, 0.5) is 5.69 Å². The summed E-state index contributed by atoms with van der Waals surface area (Å²) in [7, 11) is 0. The van der Waals surface area contributed by atoms with E-state index in [1.54, 1.807) is 29.3 Å². The van der Waals surface area contributed by atoms with Crippen molar-refractivity contribution in [2.24, 2.45) is 5.92 Å². The molecule has 1 aliphatic heterocycles. The van der Waals surface area contributed by atoms with Gasteiger partial charge in [-0.1, -0.05) is 6.07 Å². The molecule has 10 heteroatoms. The average molecular weight is 417 g/mol. The number of aliphatic carboxylic acids is 3. The summed E-state index contributed by atoms with van der Waals surface area (Å²) in [6.45, 7) is 0.747. The van der Waals surface area contributed by atoms with Gasteiger partial charge in [-0.05, 0) is 25.0 Å². The third-order valence-corrected chi connectivity index (χ3v) is 5.34. The molecule has 1 saturated heterocycles. The second-order valence-corrected chi connectivity index (χ2v) is 7.34. The van der Waals surface area contributed by atoms with Crippen LogP contribution in [0.2, 0.25) is 0 Å². The first-order valence-electron chi connectivity index (χ1n) is 9.58. The molecule has 160 valence electrons. The maximum absolute atomic E-state index is 12.0. The highest BCUT2D eigenvalue weighted by Gasteiger charge is 2.34. The second-order valence-electron chi connectivity index (χ2n) is 7.34. The molecule has 0 saturated carbocycles. The number of rotatable bonds is 8. The molecule has 10 nitrogen and oxygen atoms in total. The smallest absolute Gasteiger partial charge is 0.325 e. The van der Waals surface area contributed by atoms with Gasteiger partial charge in [0.25, 0.3) is 0 Å². The number of nitrogens with one attached hydrogen (secondary N) is 2. The molecule has 0 radical (unpaired) electrons. The first-order valence-corrected chi connectivity index (χ1v) is 9.58.